The topological polar surface area (TPSA) is 52.0 Å². The molecule has 21 heavy (non-hydrogen) atoms. The summed E-state index contributed by atoms with van der Waals surface area (Å²) in [5.74, 6) is 1.48. The lowest BCUT2D eigenvalue weighted by Gasteiger charge is -2.09. The summed E-state index contributed by atoms with van der Waals surface area (Å²) in [4.78, 5) is 8.41. The summed E-state index contributed by atoms with van der Waals surface area (Å²) in [5.41, 5.74) is 1.04. The molecule has 0 aliphatic carbocycles. The van der Waals surface area contributed by atoms with E-state index in [9.17, 15) is 0 Å². The first kappa shape index (κ1) is 15.5. The van der Waals surface area contributed by atoms with Crippen molar-refractivity contribution in [3.63, 3.8) is 0 Å². The second-order valence-electron chi connectivity index (χ2n) is 5.51. The van der Waals surface area contributed by atoms with Crippen molar-refractivity contribution >= 4 is 0 Å². The molecule has 1 N–H and O–H groups in total. The van der Waals surface area contributed by atoms with E-state index in [2.05, 4.69) is 29.1 Å². The van der Waals surface area contributed by atoms with Crippen molar-refractivity contribution in [2.75, 3.05) is 13.2 Å². The quantitative estimate of drug-likeness (QED) is 0.720. The Labute approximate surface area is 126 Å². The zero-order valence-corrected chi connectivity index (χ0v) is 12.8. The Hall–Kier alpha value is -1.88. The van der Waals surface area contributed by atoms with Gasteiger partial charge in [0.2, 0.25) is 0 Å². The number of pyridine rings is 1. The number of rotatable bonds is 9. The van der Waals surface area contributed by atoms with Gasteiger partial charge in [-0.1, -0.05) is 13.8 Å². The molecule has 5 nitrogen and oxygen atoms in total. The van der Waals surface area contributed by atoms with Gasteiger partial charge in [-0.25, -0.2) is 4.98 Å². The molecule has 114 valence electrons. The van der Waals surface area contributed by atoms with Crippen LogP contribution in [0.15, 0.2) is 37.1 Å². The van der Waals surface area contributed by atoms with E-state index in [-0.39, 0.29) is 0 Å². The number of nitrogens with one attached hydrogen (secondary N) is 1. The number of hydrogen-bond acceptors (Lipinski definition) is 4. The lowest BCUT2D eigenvalue weighted by Crippen LogP contribution is -2.19. The van der Waals surface area contributed by atoms with Crippen LogP contribution in [-0.4, -0.2) is 27.7 Å². The number of aromatic nitrogens is 3. The average molecular weight is 288 g/mol. The van der Waals surface area contributed by atoms with Crippen molar-refractivity contribution in [2.45, 2.75) is 33.4 Å². The SMILES string of the molecule is CC(C)CNCc1ccc(OCCCn2ccnc2)cn1. The first-order valence-corrected chi connectivity index (χ1v) is 7.48. The predicted molar refractivity (Wildman–Crippen MR) is 83.1 cm³/mol. The monoisotopic (exact) mass is 288 g/mol. The van der Waals surface area contributed by atoms with E-state index in [1.165, 1.54) is 0 Å². The van der Waals surface area contributed by atoms with Crippen LogP contribution in [0.5, 0.6) is 5.75 Å². The molecular weight excluding hydrogens is 264 g/mol. The normalized spacial score (nSPS) is 11.0. The van der Waals surface area contributed by atoms with Gasteiger partial charge in [-0.05, 0) is 31.0 Å². The fourth-order valence-corrected chi connectivity index (χ4v) is 1.95. The molecule has 0 aliphatic rings. The van der Waals surface area contributed by atoms with Crippen LogP contribution in [-0.2, 0) is 13.1 Å². The van der Waals surface area contributed by atoms with Crippen LogP contribution in [0, 0.1) is 5.92 Å². The fourth-order valence-electron chi connectivity index (χ4n) is 1.95. The maximum absolute atomic E-state index is 5.69. The smallest absolute Gasteiger partial charge is 0.137 e. The Balaban J connectivity index is 1.65. The van der Waals surface area contributed by atoms with Crippen molar-refractivity contribution in [2.24, 2.45) is 5.92 Å². The van der Waals surface area contributed by atoms with E-state index in [1.54, 1.807) is 12.4 Å². The molecule has 0 bridgehead atoms. The number of aryl methyl sites for hydroxylation is 1. The zero-order chi connectivity index (χ0) is 14.9. The summed E-state index contributed by atoms with van der Waals surface area (Å²) < 4.78 is 7.73. The van der Waals surface area contributed by atoms with Crippen LogP contribution >= 0.6 is 0 Å². The molecular formula is C16H24N4O. The van der Waals surface area contributed by atoms with Crippen LogP contribution in [0.1, 0.15) is 26.0 Å². The first-order chi connectivity index (χ1) is 10.2. The number of hydrogen-bond donors (Lipinski definition) is 1. The number of ether oxygens (including phenoxy) is 1. The van der Waals surface area contributed by atoms with Gasteiger partial charge in [0.05, 0.1) is 24.8 Å². The minimum Gasteiger partial charge on any atom is -0.492 e. The predicted octanol–water partition coefficient (Wildman–Crippen LogP) is 2.49. The van der Waals surface area contributed by atoms with Gasteiger partial charge in [-0.2, -0.15) is 0 Å². The van der Waals surface area contributed by atoms with Crippen molar-refractivity contribution in [1.82, 2.24) is 19.9 Å². The minimum atomic E-state index is 0.656. The molecule has 2 aromatic heterocycles. The maximum Gasteiger partial charge on any atom is 0.137 e. The van der Waals surface area contributed by atoms with E-state index in [0.29, 0.717) is 12.5 Å². The molecule has 0 spiro atoms. The lowest BCUT2D eigenvalue weighted by atomic mass is 10.2. The van der Waals surface area contributed by atoms with Gasteiger partial charge in [0.25, 0.3) is 0 Å². The summed E-state index contributed by atoms with van der Waals surface area (Å²) in [5, 5.41) is 3.38. The largest absolute Gasteiger partial charge is 0.492 e. The Morgan fingerprint density at radius 2 is 2.24 bits per heavy atom. The lowest BCUT2D eigenvalue weighted by molar-refractivity contribution is 0.300. The highest BCUT2D eigenvalue weighted by molar-refractivity contribution is 5.19. The molecule has 0 unspecified atom stereocenters. The van der Waals surface area contributed by atoms with E-state index >= 15 is 0 Å². The van der Waals surface area contributed by atoms with Crippen molar-refractivity contribution < 1.29 is 4.74 Å². The van der Waals surface area contributed by atoms with Crippen LogP contribution in [0.4, 0.5) is 0 Å². The number of imidazole rings is 1. The average Bonchev–Trinajstić information content (AvgIpc) is 2.98. The number of nitrogens with zero attached hydrogens (tertiary/aromatic N) is 3. The van der Waals surface area contributed by atoms with Gasteiger partial charge in [0.1, 0.15) is 5.75 Å². The highest BCUT2D eigenvalue weighted by Crippen LogP contribution is 2.09. The van der Waals surface area contributed by atoms with Crippen LogP contribution in [0.3, 0.4) is 0 Å². The van der Waals surface area contributed by atoms with Gasteiger partial charge in [0, 0.05) is 25.5 Å². The van der Waals surface area contributed by atoms with E-state index in [0.717, 1.165) is 37.5 Å². The third-order valence-electron chi connectivity index (χ3n) is 3.04. The third-order valence-corrected chi connectivity index (χ3v) is 3.04. The first-order valence-electron chi connectivity index (χ1n) is 7.48. The molecule has 0 amide bonds. The minimum absolute atomic E-state index is 0.656. The summed E-state index contributed by atoms with van der Waals surface area (Å²) in [6.07, 6.45) is 8.31. The van der Waals surface area contributed by atoms with Gasteiger partial charge >= 0.3 is 0 Å². The molecule has 0 fully saturated rings. The van der Waals surface area contributed by atoms with E-state index in [1.807, 2.05) is 29.2 Å². The standard InChI is InChI=1S/C16H24N4O/c1-14(2)10-18-11-15-4-5-16(12-19-15)21-9-3-7-20-8-6-17-13-20/h4-6,8,12-14,18H,3,7,9-11H2,1-2H3. The second kappa shape index (κ2) is 8.42. The molecule has 2 rings (SSSR count). The maximum atomic E-state index is 5.69. The molecule has 0 saturated carbocycles. The zero-order valence-electron chi connectivity index (χ0n) is 12.8. The van der Waals surface area contributed by atoms with Crippen molar-refractivity contribution in [3.8, 4) is 5.75 Å². The Kier molecular flexibility index (Phi) is 6.22. The highest BCUT2D eigenvalue weighted by atomic mass is 16.5. The molecule has 0 atom stereocenters. The Morgan fingerprint density at radius 3 is 2.90 bits per heavy atom. The molecule has 0 saturated heterocycles. The molecule has 2 aromatic rings. The molecule has 2 heterocycles. The van der Waals surface area contributed by atoms with Crippen LogP contribution < -0.4 is 10.1 Å². The van der Waals surface area contributed by atoms with E-state index < -0.39 is 0 Å². The summed E-state index contributed by atoms with van der Waals surface area (Å²) >= 11 is 0. The van der Waals surface area contributed by atoms with Crippen LogP contribution in [0.25, 0.3) is 0 Å². The van der Waals surface area contributed by atoms with Crippen LogP contribution in [0.2, 0.25) is 0 Å². The van der Waals surface area contributed by atoms with Crippen molar-refractivity contribution in [3.05, 3.63) is 42.7 Å². The Morgan fingerprint density at radius 1 is 1.33 bits per heavy atom. The second-order valence-corrected chi connectivity index (χ2v) is 5.51. The fraction of sp³-hybridized carbons (Fsp3) is 0.500. The van der Waals surface area contributed by atoms with E-state index in [4.69, 9.17) is 4.74 Å². The summed E-state index contributed by atoms with van der Waals surface area (Å²) in [6.45, 7) is 7.81. The molecule has 0 aromatic carbocycles. The molecule has 0 aliphatic heterocycles. The summed E-state index contributed by atoms with van der Waals surface area (Å²) in [6, 6.07) is 4.00. The third kappa shape index (κ3) is 5.95. The molecule has 0 radical (unpaired) electrons. The van der Waals surface area contributed by atoms with Crippen molar-refractivity contribution in [1.29, 1.82) is 0 Å². The summed E-state index contributed by atoms with van der Waals surface area (Å²) in [7, 11) is 0. The van der Waals surface area contributed by atoms with Gasteiger partial charge in [-0.15, -0.1) is 0 Å². The Bertz CT molecular complexity index is 494. The van der Waals surface area contributed by atoms with Gasteiger partial charge < -0.3 is 14.6 Å². The van der Waals surface area contributed by atoms with Gasteiger partial charge in [0.15, 0.2) is 0 Å². The van der Waals surface area contributed by atoms with Gasteiger partial charge in [-0.3, -0.25) is 4.98 Å². The molecule has 5 heteroatoms. The highest BCUT2D eigenvalue weighted by Gasteiger charge is 1.99.